The predicted octanol–water partition coefficient (Wildman–Crippen LogP) is 1.62. The first-order valence-corrected chi connectivity index (χ1v) is 5.41. The monoisotopic (exact) mass is 168 g/mol. The molecule has 0 unspecified atom stereocenters. The van der Waals surface area contributed by atoms with Crippen LogP contribution in [0, 0.1) is 0 Å². The van der Waals surface area contributed by atoms with Crippen molar-refractivity contribution < 1.29 is 0 Å². The summed E-state index contributed by atoms with van der Waals surface area (Å²) in [5.74, 6) is 0. The molecule has 2 fully saturated rings. The van der Waals surface area contributed by atoms with E-state index in [0.717, 1.165) is 0 Å². The van der Waals surface area contributed by atoms with Crippen molar-refractivity contribution >= 4 is 0 Å². The Kier molecular flexibility index (Phi) is 2.66. The molecule has 2 heteroatoms. The first-order chi connectivity index (χ1) is 5.91. The molecular formula is C10H20N2. The van der Waals surface area contributed by atoms with E-state index in [1.54, 1.807) is 0 Å². The highest BCUT2D eigenvalue weighted by atomic mass is 15.2. The van der Waals surface area contributed by atoms with Crippen LogP contribution in [0.15, 0.2) is 0 Å². The van der Waals surface area contributed by atoms with Crippen LogP contribution < -0.4 is 10.6 Å². The van der Waals surface area contributed by atoms with Gasteiger partial charge in [-0.2, -0.15) is 0 Å². The molecule has 1 heterocycles. The van der Waals surface area contributed by atoms with Crippen LogP contribution in [-0.4, -0.2) is 18.8 Å². The smallest absolute Gasteiger partial charge is 0.0688 e. The molecule has 0 aromatic rings. The lowest BCUT2D eigenvalue weighted by Gasteiger charge is -2.31. The largest absolute Gasteiger partial charge is 0.298 e. The molecule has 12 heavy (non-hydrogen) atoms. The van der Waals surface area contributed by atoms with Crippen molar-refractivity contribution in [1.29, 1.82) is 0 Å². The van der Waals surface area contributed by atoms with E-state index in [-0.39, 0.29) is 0 Å². The van der Waals surface area contributed by atoms with E-state index in [2.05, 4.69) is 10.6 Å². The van der Waals surface area contributed by atoms with Gasteiger partial charge in [-0.1, -0.05) is 32.1 Å². The van der Waals surface area contributed by atoms with E-state index in [4.69, 9.17) is 0 Å². The highest BCUT2D eigenvalue weighted by Gasteiger charge is 2.31. The van der Waals surface area contributed by atoms with Crippen LogP contribution in [0.4, 0.5) is 0 Å². The fraction of sp³-hybridized carbons (Fsp3) is 1.00. The van der Waals surface area contributed by atoms with Crippen molar-refractivity contribution in [2.24, 2.45) is 0 Å². The van der Waals surface area contributed by atoms with Crippen LogP contribution >= 0.6 is 0 Å². The van der Waals surface area contributed by atoms with Gasteiger partial charge in [0.1, 0.15) is 0 Å². The SMILES string of the molecule is C1CCCC2(CCC1)NCCN2. The van der Waals surface area contributed by atoms with Crippen molar-refractivity contribution in [3.63, 3.8) is 0 Å². The summed E-state index contributed by atoms with van der Waals surface area (Å²) < 4.78 is 0. The summed E-state index contributed by atoms with van der Waals surface area (Å²) in [5, 5.41) is 7.26. The highest BCUT2D eigenvalue weighted by molar-refractivity contribution is 4.91. The number of rotatable bonds is 0. The Hall–Kier alpha value is -0.0800. The minimum atomic E-state index is 0.348. The summed E-state index contributed by atoms with van der Waals surface area (Å²) in [6.45, 7) is 2.33. The average molecular weight is 168 g/mol. The molecule has 1 aliphatic heterocycles. The van der Waals surface area contributed by atoms with Gasteiger partial charge in [0, 0.05) is 13.1 Å². The maximum absolute atomic E-state index is 3.63. The van der Waals surface area contributed by atoms with Crippen molar-refractivity contribution in [2.45, 2.75) is 50.6 Å². The Morgan fingerprint density at radius 2 is 1.17 bits per heavy atom. The molecule has 0 atom stereocenters. The summed E-state index contributed by atoms with van der Waals surface area (Å²) in [6, 6.07) is 0. The summed E-state index contributed by atoms with van der Waals surface area (Å²) >= 11 is 0. The van der Waals surface area contributed by atoms with E-state index >= 15 is 0 Å². The molecule has 0 aromatic heterocycles. The van der Waals surface area contributed by atoms with Gasteiger partial charge in [-0.05, 0) is 12.8 Å². The highest BCUT2D eigenvalue weighted by Crippen LogP contribution is 2.25. The molecule has 0 radical (unpaired) electrons. The van der Waals surface area contributed by atoms with Crippen LogP contribution in [0.3, 0.4) is 0 Å². The fourth-order valence-corrected chi connectivity index (χ4v) is 2.53. The van der Waals surface area contributed by atoms with E-state index in [1.165, 1.54) is 58.0 Å². The van der Waals surface area contributed by atoms with Gasteiger partial charge in [-0.15, -0.1) is 0 Å². The van der Waals surface area contributed by atoms with Crippen molar-refractivity contribution in [2.75, 3.05) is 13.1 Å². The summed E-state index contributed by atoms with van der Waals surface area (Å²) in [6.07, 6.45) is 9.81. The van der Waals surface area contributed by atoms with Gasteiger partial charge in [0.25, 0.3) is 0 Å². The molecule has 0 amide bonds. The molecule has 0 aromatic carbocycles. The zero-order valence-electron chi connectivity index (χ0n) is 7.86. The van der Waals surface area contributed by atoms with E-state index in [1.807, 2.05) is 0 Å². The van der Waals surface area contributed by atoms with Gasteiger partial charge in [-0.3, -0.25) is 10.6 Å². The molecule has 1 spiro atoms. The average Bonchev–Trinajstić information content (AvgIpc) is 2.47. The first kappa shape index (κ1) is 8.52. The van der Waals surface area contributed by atoms with Crippen LogP contribution in [0.25, 0.3) is 0 Å². The van der Waals surface area contributed by atoms with Crippen molar-refractivity contribution in [3.8, 4) is 0 Å². The van der Waals surface area contributed by atoms with Crippen molar-refractivity contribution in [1.82, 2.24) is 10.6 Å². The third-order valence-electron chi connectivity index (χ3n) is 3.26. The van der Waals surface area contributed by atoms with Gasteiger partial charge in [0.05, 0.1) is 5.66 Å². The molecule has 1 saturated carbocycles. The lowest BCUT2D eigenvalue weighted by atomic mass is 9.92. The number of hydrogen-bond acceptors (Lipinski definition) is 2. The van der Waals surface area contributed by atoms with E-state index in [0.29, 0.717) is 5.66 Å². The zero-order chi connectivity index (χ0) is 8.28. The van der Waals surface area contributed by atoms with Gasteiger partial charge < -0.3 is 0 Å². The number of nitrogens with one attached hydrogen (secondary N) is 2. The molecule has 2 N–H and O–H groups in total. The molecule has 1 aliphatic carbocycles. The van der Waals surface area contributed by atoms with Crippen LogP contribution in [0.5, 0.6) is 0 Å². The Labute approximate surface area is 75.1 Å². The van der Waals surface area contributed by atoms with Crippen LogP contribution in [0.1, 0.15) is 44.9 Å². The molecule has 2 aliphatic rings. The van der Waals surface area contributed by atoms with Crippen LogP contribution in [-0.2, 0) is 0 Å². The van der Waals surface area contributed by atoms with Crippen LogP contribution in [0.2, 0.25) is 0 Å². The topological polar surface area (TPSA) is 24.1 Å². The Bertz CT molecular complexity index is 129. The normalized spacial score (nSPS) is 30.0. The third-order valence-corrected chi connectivity index (χ3v) is 3.26. The molecule has 70 valence electrons. The predicted molar refractivity (Wildman–Crippen MR) is 51.1 cm³/mol. The van der Waals surface area contributed by atoms with Gasteiger partial charge in [0.15, 0.2) is 0 Å². The van der Waals surface area contributed by atoms with Crippen molar-refractivity contribution in [3.05, 3.63) is 0 Å². The fourth-order valence-electron chi connectivity index (χ4n) is 2.53. The van der Waals surface area contributed by atoms with Gasteiger partial charge in [-0.25, -0.2) is 0 Å². The zero-order valence-corrected chi connectivity index (χ0v) is 7.86. The van der Waals surface area contributed by atoms with Gasteiger partial charge >= 0.3 is 0 Å². The Morgan fingerprint density at radius 1 is 0.667 bits per heavy atom. The molecule has 2 nitrogen and oxygen atoms in total. The second-order valence-electron chi connectivity index (χ2n) is 4.20. The summed E-state index contributed by atoms with van der Waals surface area (Å²) in [4.78, 5) is 0. The minimum absolute atomic E-state index is 0.348. The maximum atomic E-state index is 3.63. The molecule has 2 rings (SSSR count). The first-order valence-electron chi connectivity index (χ1n) is 5.41. The summed E-state index contributed by atoms with van der Waals surface area (Å²) in [7, 11) is 0. The van der Waals surface area contributed by atoms with Gasteiger partial charge in [0.2, 0.25) is 0 Å². The Balaban J connectivity index is 1.92. The molecular weight excluding hydrogens is 148 g/mol. The second-order valence-corrected chi connectivity index (χ2v) is 4.20. The lowest BCUT2D eigenvalue weighted by molar-refractivity contribution is 0.253. The third kappa shape index (κ3) is 1.80. The summed E-state index contributed by atoms with van der Waals surface area (Å²) in [5.41, 5.74) is 0.348. The maximum Gasteiger partial charge on any atom is 0.0688 e. The number of hydrogen-bond donors (Lipinski definition) is 2. The Morgan fingerprint density at radius 3 is 1.75 bits per heavy atom. The van der Waals surface area contributed by atoms with E-state index in [9.17, 15) is 0 Å². The minimum Gasteiger partial charge on any atom is -0.298 e. The quantitative estimate of drug-likeness (QED) is 0.574. The van der Waals surface area contributed by atoms with E-state index < -0.39 is 0 Å². The standard InChI is InChI=1S/C10H20N2/c1-2-4-6-10(7-5-3-1)11-8-9-12-10/h11-12H,1-9H2. The molecule has 1 saturated heterocycles. The lowest BCUT2D eigenvalue weighted by Crippen LogP contribution is -2.49. The second kappa shape index (κ2) is 3.75. The molecule has 0 bridgehead atoms.